The van der Waals surface area contributed by atoms with Gasteiger partial charge in [-0.1, -0.05) is 0 Å². The molecule has 1 fully saturated rings. The molecule has 0 aromatic heterocycles. The number of nitrogens with one attached hydrogen (secondary N) is 1. The van der Waals surface area contributed by atoms with Crippen LogP contribution in [0.4, 0.5) is 17.1 Å². The Labute approximate surface area is 106 Å². The second kappa shape index (κ2) is 4.17. The van der Waals surface area contributed by atoms with Crippen LogP contribution in [0.25, 0.3) is 0 Å². The van der Waals surface area contributed by atoms with Crippen molar-refractivity contribution in [1.29, 1.82) is 0 Å². The van der Waals surface area contributed by atoms with Crippen LogP contribution in [0, 0.1) is 5.92 Å². The Morgan fingerprint density at radius 2 is 2.33 bits per heavy atom. The first kappa shape index (κ1) is 11.3. The Hall–Kier alpha value is -1.75. The fraction of sp³-hybridized carbons (Fsp3) is 0.462. The number of nitrogen functional groups attached to an aromatic ring is 1. The Morgan fingerprint density at radius 3 is 3.06 bits per heavy atom. The molecule has 0 saturated carbocycles. The van der Waals surface area contributed by atoms with Crippen molar-refractivity contribution in [2.75, 3.05) is 35.6 Å². The summed E-state index contributed by atoms with van der Waals surface area (Å²) >= 11 is 0. The highest BCUT2D eigenvalue weighted by Gasteiger charge is 2.26. The Bertz CT molecular complexity index is 501. The topological polar surface area (TPSA) is 78.6 Å². The van der Waals surface area contributed by atoms with Gasteiger partial charge in [-0.25, -0.2) is 0 Å². The van der Waals surface area contributed by atoms with E-state index in [2.05, 4.69) is 10.2 Å². The van der Waals surface area contributed by atoms with E-state index in [0.29, 0.717) is 18.0 Å². The fourth-order valence-electron chi connectivity index (χ4n) is 2.76. The predicted molar refractivity (Wildman–Crippen MR) is 70.6 cm³/mol. The maximum absolute atomic E-state index is 11.3. The minimum absolute atomic E-state index is 0.0243. The van der Waals surface area contributed by atoms with Gasteiger partial charge in [-0.3, -0.25) is 4.79 Å². The zero-order chi connectivity index (χ0) is 12.7. The van der Waals surface area contributed by atoms with Gasteiger partial charge in [0, 0.05) is 31.3 Å². The van der Waals surface area contributed by atoms with Gasteiger partial charge in [0.05, 0.1) is 17.8 Å². The van der Waals surface area contributed by atoms with Crippen molar-refractivity contribution < 1.29 is 9.90 Å². The zero-order valence-electron chi connectivity index (χ0n) is 10.1. The molecule has 1 aromatic rings. The third-order valence-electron chi connectivity index (χ3n) is 3.76. The molecule has 0 bridgehead atoms. The molecule has 1 unspecified atom stereocenters. The van der Waals surface area contributed by atoms with Crippen LogP contribution in [0.15, 0.2) is 12.1 Å². The lowest BCUT2D eigenvalue weighted by molar-refractivity contribution is -0.115. The van der Waals surface area contributed by atoms with Gasteiger partial charge in [0.1, 0.15) is 0 Å². The van der Waals surface area contributed by atoms with Gasteiger partial charge in [0.2, 0.25) is 5.91 Å². The largest absolute Gasteiger partial charge is 0.397 e. The lowest BCUT2D eigenvalue weighted by atomic mass is 10.1. The van der Waals surface area contributed by atoms with Crippen molar-refractivity contribution in [1.82, 2.24) is 0 Å². The number of anilines is 3. The average Bonchev–Trinajstić information content (AvgIpc) is 2.92. The minimum atomic E-state index is 0.0243. The number of hydrogen-bond acceptors (Lipinski definition) is 4. The summed E-state index contributed by atoms with van der Waals surface area (Å²) in [5, 5.41) is 12.0. The standard InChI is InChI=1S/C13H17N3O2/c14-10-3-9-4-13(18)15-11(9)5-12(10)16-2-1-8(6-16)7-17/h3,5,8,17H,1-2,4,6-7,14H2,(H,15,18). The number of fused-ring (bicyclic) bond motifs is 1. The molecule has 1 atom stereocenters. The van der Waals surface area contributed by atoms with Gasteiger partial charge in [-0.05, 0) is 24.1 Å². The molecule has 96 valence electrons. The molecule has 1 saturated heterocycles. The number of rotatable bonds is 2. The maximum Gasteiger partial charge on any atom is 0.228 e. The third-order valence-corrected chi connectivity index (χ3v) is 3.76. The van der Waals surface area contributed by atoms with Crippen molar-refractivity contribution in [3.63, 3.8) is 0 Å². The van der Waals surface area contributed by atoms with Crippen LogP contribution in [0.1, 0.15) is 12.0 Å². The van der Waals surface area contributed by atoms with Crippen molar-refractivity contribution in [2.45, 2.75) is 12.8 Å². The molecule has 0 aliphatic carbocycles. The van der Waals surface area contributed by atoms with Gasteiger partial charge >= 0.3 is 0 Å². The molecule has 2 aliphatic heterocycles. The molecule has 0 radical (unpaired) electrons. The lowest BCUT2D eigenvalue weighted by Crippen LogP contribution is -2.21. The number of amides is 1. The van der Waals surface area contributed by atoms with Gasteiger partial charge < -0.3 is 21.1 Å². The number of nitrogens with zero attached hydrogens (tertiary/aromatic N) is 1. The highest BCUT2D eigenvalue weighted by Crippen LogP contribution is 2.35. The summed E-state index contributed by atoms with van der Waals surface area (Å²) in [5.41, 5.74) is 9.58. The molecule has 2 aliphatic rings. The fourth-order valence-corrected chi connectivity index (χ4v) is 2.76. The van der Waals surface area contributed by atoms with Crippen LogP contribution in [-0.4, -0.2) is 30.7 Å². The van der Waals surface area contributed by atoms with Crippen molar-refractivity contribution in [3.05, 3.63) is 17.7 Å². The number of carbonyl (C=O) groups is 1. The van der Waals surface area contributed by atoms with Gasteiger partial charge in [-0.15, -0.1) is 0 Å². The number of carbonyl (C=O) groups excluding carboxylic acids is 1. The molecule has 18 heavy (non-hydrogen) atoms. The molecule has 2 heterocycles. The third kappa shape index (κ3) is 1.80. The molecular formula is C13H17N3O2. The first-order chi connectivity index (χ1) is 8.67. The molecular weight excluding hydrogens is 230 g/mol. The van der Waals surface area contributed by atoms with Gasteiger partial charge in [0.15, 0.2) is 0 Å². The van der Waals surface area contributed by atoms with E-state index >= 15 is 0 Å². The van der Waals surface area contributed by atoms with E-state index in [9.17, 15) is 9.90 Å². The van der Waals surface area contributed by atoms with Crippen molar-refractivity contribution >= 4 is 23.0 Å². The molecule has 1 aromatic carbocycles. The molecule has 1 amide bonds. The lowest BCUT2D eigenvalue weighted by Gasteiger charge is -2.21. The summed E-state index contributed by atoms with van der Waals surface area (Å²) in [7, 11) is 0. The smallest absolute Gasteiger partial charge is 0.228 e. The van der Waals surface area contributed by atoms with Crippen molar-refractivity contribution in [3.8, 4) is 0 Å². The van der Waals surface area contributed by atoms with E-state index in [1.165, 1.54) is 0 Å². The van der Waals surface area contributed by atoms with Crippen LogP contribution >= 0.6 is 0 Å². The average molecular weight is 247 g/mol. The summed E-state index contributed by atoms with van der Waals surface area (Å²) in [6, 6.07) is 3.84. The molecule has 3 rings (SSSR count). The number of hydrogen-bond donors (Lipinski definition) is 3. The van der Waals surface area contributed by atoms with E-state index in [0.717, 1.165) is 36.4 Å². The minimum Gasteiger partial charge on any atom is -0.397 e. The number of aliphatic hydroxyl groups excluding tert-OH is 1. The zero-order valence-corrected chi connectivity index (χ0v) is 10.1. The molecule has 4 N–H and O–H groups in total. The highest BCUT2D eigenvalue weighted by molar-refractivity contribution is 6.00. The Balaban J connectivity index is 1.90. The monoisotopic (exact) mass is 247 g/mol. The van der Waals surface area contributed by atoms with E-state index in [-0.39, 0.29) is 12.5 Å². The second-order valence-electron chi connectivity index (χ2n) is 5.08. The summed E-state index contributed by atoms with van der Waals surface area (Å²) in [6.07, 6.45) is 1.40. The normalized spacial score (nSPS) is 22.2. The van der Waals surface area contributed by atoms with Crippen LogP contribution in [0.5, 0.6) is 0 Å². The first-order valence-electron chi connectivity index (χ1n) is 6.25. The molecule has 0 spiro atoms. The maximum atomic E-state index is 11.3. The summed E-state index contributed by atoms with van der Waals surface area (Å²) in [5.74, 6) is 0.350. The Kier molecular flexibility index (Phi) is 2.63. The second-order valence-corrected chi connectivity index (χ2v) is 5.08. The summed E-state index contributed by atoms with van der Waals surface area (Å²) < 4.78 is 0. The van der Waals surface area contributed by atoms with Gasteiger partial charge in [0.25, 0.3) is 0 Å². The van der Waals surface area contributed by atoms with E-state index < -0.39 is 0 Å². The summed E-state index contributed by atoms with van der Waals surface area (Å²) in [6.45, 7) is 1.95. The molecule has 5 nitrogen and oxygen atoms in total. The highest BCUT2D eigenvalue weighted by atomic mass is 16.3. The quantitative estimate of drug-likeness (QED) is 0.668. The van der Waals surface area contributed by atoms with E-state index in [1.54, 1.807) is 0 Å². The SMILES string of the molecule is Nc1cc2c(cc1N1CCC(CO)C1)NC(=O)C2. The summed E-state index contributed by atoms with van der Waals surface area (Å²) in [4.78, 5) is 13.5. The van der Waals surface area contributed by atoms with Gasteiger partial charge in [-0.2, -0.15) is 0 Å². The predicted octanol–water partition coefficient (Wildman–Crippen LogP) is 0.582. The number of benzene rings is 1. The van der Waals surface area contributed by atoms with Crippen LogP contribution in [0.2, 0.25) is 0 Å². The van der Waals surface area contributed by atoms with Crippen LogP contribution in [0.3, 0.4) is 0 Å². The number of aliphatic hydroxyl groups is 1. The van der Waals surface area contributed by atoms with E-state index in [1.807, 2.05) is 12.1 Å². The van der Waals surface area contributed by atoms with Crippen LogP contribution in [-0.2, 0) is 11.2 Å². The first-order valence-corrected chi connectivity index (χ1v) is 6.25. The Morgan fingerprint density at radius 1 is 1.50 bits per heavy atom. The number of nitrogens with two attached hydrogens (primary N) is 1. The van der Waals surface area contributed by atoms with Crippen LogP contribution < -0.4 is 16.0 Å². The van der Waals surface area contributed by atoms with Crippen molar-refractivity contribution in [2.24, 2.45) is 5.92 Å². The van der Waals surface area contributed by atoms with E-state index in [4.69, 9.17) is 5.73 Å². The molecule has 5 heteroatoms.